The Bertz CT molecular complexity index is 1110. The highest BCUT2D eigenvalue weighted by atomic mass is 16.5. The van der Waals surface area contributed by atoms with E-state index < -0.39 is 0 Å². The van der Waals surface area contributed by atoms with Crippen molar-refractivity contribution >= 4 is 28.4 Å². The van der Waals surface area contributed by atoms with Gasteiger partial charge in [-0.2, -0.15) is 0 Å². The van der Waals surface area contributed by atoms with E-state index in [2.05, 4.69) is 51.5 Å². The Labute approximate surface area is 183 Å². The fourth-order valence-electron chi connectivity index (χ4n) is 4.68. The lowest BCUT2D eigenvalue weighted by Crippen LogP contribution is -2.47. The van der Waals surface area contributed by atoms with Gasteiger partial charge in [0.2, 0.25) is 5.91 Å². The molecule has 3 aromatic rings. The van der Waals surface area contributed by atoms with Gasteiger partial charge in [0, 0.05) is 38.4 Å². The fourth-order valence-corrected chi connectivity index (χ4v) is 4.68. The molecule has 2 aliphatic heterocycles. The maximum Gasteiger partial charge on any atom is 0.230 e. The van der Waals surface area contributed by atoms with Crippen molar-refractivity contribution in [1.29, 1.82) is 0 Å². The van der Waals surface area contributed by atoms with E-state index >= 15 is 0 Å². The first-order chi connectivity index (χ1) is 14.9. The molecule has 0 radical (unpaired) electrons. The molecule has 162 valence electrons. The van der Waals surface area contributed by atoms with Crippen LogP contribution < -0.4 is 10.2 Å². The number of piperazine rings is 1. The lowest BCUT2D eigenvalue weighted by molar-refractivity contribution is -0.125. The van der Waals surface area contributed by atoms with Crippen molar-refractivity contribution in [2.24, 2.45) is 5.41 Å². The minimum atomic E-state index is -0.382. The highest BCUT2D eigenvalue weighted by Crippen LogP contribution is 2.43. The van der Waals surface area contributed by atoms with Crippen molar-refractivity contribution in [3.63, 3.8) is 0 Å². The summed E-state index contributed by atoms with van der Waals surface area (Å²) in [6, 6.07) is 14.6. The van der Waals surface area contributed by atoms with Crippen molar-refractivity contribution in [1.82, 2.24) is 10.1 Å². The first-order valence-electron chi connectivity index (χ1n) is 11.2. The molecule has 1 atom stereocenters. The molecule has 1 aromatic heterocycles. The molecule has 6 heteroatoms. The summed E-state index contributed by atoms with van der Waals surface area (Å²) in [5.74, 6) is 1.28. The molecule has 0 spiro atoms. The predicted molar refractivity (Wildman–Crippen MR) is 124 cm³/mol. The zero-order valence-electron chi connectivity index (χ0n) is 18.5. The number of carbonyl (C=O) groups is 1. The minimum Gasteiger partial charge on any atom is -0.354 e. The molecule has 1 unspecified atom stereocenters. The van der Waals surface area contributed by atoms with Gasteiger partial charge >= 0.3 is 0 Å². The molecule has 0 bridgehead atoms. The number of carbonyl (C=O) groups excluding carboxylic acids is 1. The maximum atomic E-state index is 12.4. The van der Waals surface area contributed by atoms with Crippen LogP contribution in [0.15, 0.2) is 47.0 Å². The van der Waals surface area contributed by atoms with Crippen molar-refractivity contribution in [2.75, 3.05) is 42.9 Å². The third-order valence-corrected chi connectivity index (χ3v) is 7.25. The average Bonchev–Trinajstić information content (AvgIpc) is 3.21. The summed E-state index contributed by atoms with van der Waals surface area (Å²) in [7, 11) is 0. The van der Waals surface area contributed by atoms with Crippen molar-refractivity contribution in [3.05, 3.63) is 53.6 Å². The second-order valence-electron chi connectivity index (χ2n) is 9.40. The molecule has 1 saturated heterocycles. The largest absolute Gasteiger partial charge is 0.354 e. The number of rotatable bonds is 4. The quantitative estimate of drug-likeness (QED) is 0.685. The van der Waals surface area contributed by atoms with Crippen molar-refractivity contribution < 1.29 is 9.32 Å². The number of fused-ring (bicyclic) bond motifs is 2. The van der Waals surface area contributed by atoms with E-state index in [-0.39, 0.29) is 17.2 Å². The van der Waals surface area contributed by atoms with E-state index in [1.807, 2.05) is 32.0 Å². The van der Waals surface area contributed by atoms with Gasteiger partial charge in [0.25, 0.3) is 0 Å². The van der Waals surface area contributed by atoms with Gasteiger partial charge in [-0.05, 0) is 41.7 Å². The number of hydrogen-bond acceptors (Lipinski definition) is 5. The molecular formula is C25H30N4O2. The van der Waals surface area contributed by atoms with Crippen LogP contribution in [0.2, 0.25) is 0 Å². The number of nitrogens with one attached hydrogen (secondary N) is 1. The molecule has 1 fully saturated rings. The maximum absolute atomic E-state index is 12.4. The van der Waals surface area contributed by atoms with E-state index in [9.17, 15) is 4.79 Å². The van der Waals surface area contributed by atoms with E-state index in [1.165, 1.54) is 11.1 Å². The Morgan fingerprint density at radius 1 is 1.13 bits per heavy atom. The van der Waals surface area contributed by atoms with Gasteiger partial charge in [-0.25, -0.2) is 0 Å². The molecule has 1 amide bonds. The number of nitrogens with zero attached hydrogens (tertiary/aromatic N) is 3. The lowest BCUT2D eigenvalue weighted by Gasteiger charge is -2.37. The van der Waals surface area contributed by atoms with Gasteiger partial charge in [-0.15, -0.1) is 0 Å². The second kappa shape index (κ2) is 7.68. The van der Waals surface area contributed by atoms with Crippen LogP contribution in [-0.2, 0) is 11.2 Å². The standard InChI is InChI=1S/C25H30N4O2/c1-17-20-16-18(8-9-21(20)26-24(30)25(17,2)3)10-11-28-12-14-29(15-13-28)23-19-6-4-5-7-22(19)31-27-23/h4-9,16-17H,10-15H2,1-3H3,(H,26,30). The molecule has 0 aliphatic carbocycles. The van der Waals surface area contributed by atoms with Crippen LogP contribution in [0, 0.1) is 5.41 Å². The molecule has 31 heavy (non-hydrogen) atoms. The Hall–Kier alpha value is -2.86. The number of para-hydroxylation sites is 1. The fraction of sp³-hybridized carbons (Fsp3) is 0.440. The smallest absolute Gasteiger partial charge is 0.230 e. The Balaban J connectivity index is 1.20. The summed E-state index contributed by atoms with van der Waals surface area (Å²) in [4.78, 5) is 17.2. The van der Waals surface area contributed by atoms with E-state index in [1.54, 1.807) is 0 Å². The van der Waals surface area contributed by atoms with Gasteiger partial charge in [0.15, 0.2) is 11.4 Å². The average molecular weight is 419 g/mol. The van der Waals surface area contributed by atoms with Crippen molar-refractivity contribution in [3.8, 4) is 0 Å². The molecule has 3 heterocycles. The van der Waals surface area contributed by atoms with Gasteiger partial charge < -0.3 is 14.7 Å². The van der Waals surface area contributed by atoms with Gasteiger partial charge in [-0.1, -0.05) is 50.2 Å². The van der Waals surface area contributed by atoms with Gasteiger partial charge in [0.1, 0.15) is 0 Å². The number of aromatic nitrogens is 1. The van der Waals surface area contributed by atoms with Crippen LogP contribution in [0.3, 0.4) is 0 Å². The third-order valence-electron chi connectivity index (χ3n) is 7.25. The molecule has 0 saturated carbocycles. The Kier molecular flexibility index (Phi) is 4.97. The molecular weight excluding hydrogens is 388 g/mol. The van der Waals surface area contributed by atoms with E-state index in [4.69, 9.17) is 4.52 Å². The molecule has 1 N–H and O–H groups in total. The molecule has 5 rings (SSSR count). The summed E-state index contributed by atoms with van der Waals surface area (Å²) in [5, 5.41) is 8.47. The van der Waals surface area contributed by atoms with E-state index in [0.29, 0.717) is 0 Å². The highest BCUT2D eigenvalue weighted by Gasteiger charge is 2.40. The highest BCUT2D eigenvalue weighted by molar-refractivity contribution is 5.98. The minimum absolute atomic E-state index is 0.109. The Morgan fingerprint density at radius 2 is 1.90 bits per heavy atom. The van der Waals surface area contributed by atoms with Crippen LogP contribution in [0.1, 0.15) is 37.8 Å². The topological polar surface area (TPSA) is 61.6 Å². The summed E-state index contributed by atoms with van der Waals surface area (Å²) >= 11 is 0. The second-order valence-corrected chi connectivity index (χ2v) is 9.40. The zero-order valence-corrected chi connectivity index (χ0v) is 18.5. The Morgan fingerprint density at radius 3 is 2.71 bits per heavy atom. The summed E-state index contributed by atoms with van der Waals surface area (Å²) < 4.78 is 5.48. The van der Waals surface area contributed by atoms with E-state index in [0.717, 1.165) is 61.6 Å². The lowest BCUT2D eigenvalue weighted by atomic mass is 9.72. The van der Waals surface area contributed by atoms with Crippen LogP contribution >= 0.6 is 0 Å². The van der Waals surface area contributed by atoms with Crippen LogP contribution in [0.25, 0.3) is 11.0 Å². The third kappa shape index (κ3) is 3.59. The molecule has 6 nitrogen and oxygen atoms in total. The van der Waals surface area contributed by atoms with Crippen LogP contribution in [0.5, 0.6) is 0 Å². The number of hydrogen-bond donors (Lipinski definition) is 1. The summed E-state index contributed by atoms with van der Waals surface area (Å²) in [6.07, 6.45) is 1.02. The first-order valence-corrected chi connectivity index (χ1v) is 11.2. The first kappa shape index (κ1) is 20.1. The predicted octanol–water partition coefficient (Wildman–Crippen LogP) is 4.27. The molecule has 2 aromatic carbocycles. The normalized spacial score (nSPS) is 21.2. The summed E-state index contributed by atoms with van der Waals surface area (Å²) in [5.41, 5.74) is 4.02. The monoisotopic (exact) mass is 418 g/mol. The number of anilines is 2. The zero-order chi connectivity index (χ0) is 21.6. The number of amides is 1. The SMILES string of the molecule is CC1c2cc(CCN3CCN(c4noc5ccccc45)CC3)ccc2NC(=O)C1(C)C. The summed E-state index contributed by atoms with van der Waals surface area (Å²) in [6.45, 7) is 11.2. The number of benzene rings is 2. The van der Waals surface area contributed by atoms with Gasteiger partial charge in [-0.3, -0.25) is 9.69 Å². The van der Waals surface area contributed by atoms with Gasteiger partial charge in [0.05, 0.1) is 10.8 Å². The van der Waals surface area contributed by atoms with Crippen LogP contribution in [-0.4, -0.2) is 48.7 Å². The van der Waals surface area contributed by atoms with Crippen molar-refractivity contribution in [2.45, 2.75) is 33.1 Å². The van der Waals surface area contributed by atoms with Crippen LogP contribution in [0.4, 0.5) is 11.5 Å². The molecule has 2 aliphatic rings.